The van der Waals surface area contributed by atoms with Gasteiger partial charge in [0.05, 0.1) is 6.61 Å². The number of rotatable bonds is 5. The van der Waals surface area contributed by atoms with E-state index < -0.39 is 0 Å². The lowest BCUT2D eigenvalue weighted by molar-refractivity contribution is -0.0738. The Balaban J connectivity index is 2.23. The molecule has 4 atom stereocenters. The summed E-state index contributed by atoms with van der Waals surface area (Å²) >= 11 is 0. The van der Waals surface area contributed by atoms with Gasteiger partial charge in [-0.15, -0.1) is 0 Å². The van der Waals surface area contributed by atoms with Crippen LogP contribution in [0.15, 0.2) is 23.3 Å². The fourth-order valence-corrected chi connectivity index (χ4v) is 5.33. The summed E-state index contributed by atoms with van der Waals surface area (Å²) in [7, 11) is 0. The summed E-state index contributed by atoms with van der Waals surface area (Å²) in [6.07, 6.45) is 11.4. The highest BCUT2D eigenvalue weighted by Crippen LogP contribution is 2.60. The molecule has 0 aromatic rings. The van der Waals surface area contributed by atoms with Gasteiger partial charge in [0.1, 0.15) is 0 Å². The van der Waals surface area contributed by atoms with Crippen molar-refractivity contribution in [1.82, 2.24) is 0 Å². The van der Waals surface area contributed by atoms with Crippen LogP contribution in [0.3, 0.4) is 0 Å². The molecular formula is C20H34O2. The summed E-state index contributed by atoms with van der Waals surface area (Å²) in [6, 6.07) is 0. The SMILES string of the molecule is CC1=CC[C@@H]2[C@@](C)(CO)CCC[C@]2(C)[C@H]1CC/C(C)=C/CO. The molecule has 1 saturated carbocycles. The van der Waals surface area contributed by atoms with E-state index in [0.29, 0.717) is 23.9 Å². The number of hydrogen-bond acceptors (Lipinski definition) is 2. The van der Waals surface area contributed by atoms with Crippen molar-refractivity contribution in [1.29, 1.82) is 0 Å². The van der Waals surface area contributed by atoms with Crippen LogP contribution in [0.2, 0.25) is 0 Å². The van der Waals surface area contributed by atoms with Gasteiger partial charge in [-0.2, -0.15) is 0 Å². The van der Waals surface area contributed by atoms with Crippen LogP contribution in [0.1, 0.15) is 66.2 Å². The van der Waals surface area contributed by atoms with Crippen LogP contribution in [0.4, 0.5) is 0 Å². The molecule has 2 aliphatic carbocycles. The summed E-state index contributed by atoms with van der Waals surface area (Å²) in [5.74, 6) is 1.20. The summed E-state index contributed by atoms with van der Waals surface area (Å²) < 4.78 is 0. The van der Waals surface area contributed by atoms with Gasteiger partial charge in [-0.25, -0.2) is 0 Å². The lowest BCUT2D eigenvalue weighted by Crippen LogP contribution is -2.50. The van der Waals surface area contributed by atoms with Crippen molar-refractivity contribution < 1.29 is 10.2 Å². The molecule has 2 rings (SSSR count). The highest BCUT2D eigenvalue weighted by molar-refractivity contribution is 5.19. The maximum atomic E-state index is 9.99. The standard InChI is InChI=1S/C20H34O2/c1-15(10-13-21)6-8-17-16(2)7-9-18-19(3,14-22)11-5-12-20(17,18)4/h7,10,17-18,21-22H,5-6,8-9,11-14H2,1-4H3/b15-10+/t17-,18+,19+,20+/m0/s1. The van der Waals surface area contributed by atoms with Crippen molar-refractivity contribution in [3.63, 3.8) is 0 Å². The number of aliphatic hydroxyl groups excluding tert-OH is 2. The van der Waals surface area contributed by atoms with Gasteiger partial charge in [0.15, 0.2) is 0 Å². The maximum Gasteiger partial charge on any atom is 0.0614 e. The minimum Gasteiger partial charge on any atom is -0.396 e. The molecule has 2 aliphatic rings. The Morgan fingerprint density at radius 2 is 2.05 bits per heavy atom. The molecule has 0 unspecified atom stereocenters. The van der Waals surface area contributed by atoms with Crippen LogP contribution in [0.5, 0.6) is 0 Å². The highest BCUT2D eigenvalue weighted by atomic mass is 16.3. The van der Waals surface area contributed by atoms with Crippen LogP contribution in [-0.4, -0.2) is 23.4 Å². The molecule has 0 amide bonds. The van der Waals surface area contributed by atoms with Gasteiger partial charge in [-0.1, -0.05) is 43.6 Å². The molecule has 1 fully saturated rings. The van der Waals surface area contributed by atoms with Gasteiger partial charge in [-0.05, 0) is 68.6 Å². The minimum absolute atomic E-state index is 0.0818. The summed E-state index contributed by atoms with van der Waals surface area (Å²) in [6.45, 7) is 9.64. The molecular weight excluding hydrogens is 272 g/mol. The number of allylic oxidation sites excluding steroid dienone is 3. The van der Waals surface area contributed by atoms with Crippen molar-refractivity contribution in [3.05, 3.63) is 23.3 Å². The van der Waals surface area contributed by atoms with Crippen molar-refractivity contribution in [3.8, 4) is 0 Å². The topological polar surface area (TPSA) is 40.5 Å². The summed E-state index contributed by atoms with van der Waals surface area (Å²) in [4.78, 5) is 0. The zero-order valence-corrected chi connectivity index (χ0v) is 14.9. The van der Waals surface area contributed by atoms with Crippen LogP contribution in [0, 0.1) is 22.7 Å². The second kappa shape index (κ2) is 6.88. The largest absolute Gasteiger partial charge is 0.396 e. The molecule has 0 aromatic carbocycles. The first kappa shape index (κ1) is 17.7. The lowest BCUT2D eigenvalue weighted by atomic mass is 9.48. The predicted octanol–water partition coefficient (Wildman–Crippen LogP) is 4.48. The predicted molar refractivity (Wildman–Crippen MR) is 92.6 cm³/mol. The molecule has 0 radical (unpaired) electrons. The third-order valence-corrected chi connectivity index (χ3v) is 6.75. The molecule has 2 nitrogen and oxygen atoms in total. The Kier molecular flexibility index (Phi) is 5.55. The Hall–Kier alpha value is -0.600. The van der Waals surface area contributed by atoms with E-state index in [1.54, 1.807) is 0 Å². The van der Waals surface area contributed by atoms with Crippen molar-refractivity contribution in [2.45, 2.75) is 66.2 Å². The van der Waals surface area contributed by atoms with Crippen molar-refractivity contribution >= 4 is 0 Å². The molecule has 0 aliphatic heterocycles. The van der Waals surface area contributed by atoms with Gasteiger partial charge in [0.25, 0.3) is 0 Å². The molecule has 0 saturated heterocycles. The Bertz CT molecular complexity index is 451. The second-order valence-electron chi connectivity index (χ2n) is 8.23. The molecule has 0 bridgehead atoms. The second-order valence-corrected chi connectivity index (χ2v) is 8.23. The molecule has 0 heterocycles. The van der Waals surface area contributed by atoms with Crippen LogP contribution in [-0.2, 0) is 0 Å². The van der Waals surface area contributed by atoms with Gasteiger partial charge < -0.3 is 10.2 Å². The summed E-state index contributed by atoms with van der Waals surface area (Å²) in [5, 5.41) is 19.0. The van der Waals surface area contributed by atoms with Gasteiger partial charge in [0.2, 0.25) is 0 Å². The number of fused-ring (bicyclic) bond motifs is 1. The van der Waals surface area contributed by atoms with Crippen LogP contribution >= 0.6 is 0 Å². The zero-order chi connectivity index (χ0) is 16.4. The first-order valence-corrected chi connectivity index (χ1v) is 8.91. The maximum absolute atomic E-state index is 9.99. The van der Waals surface area contributed by atoms with Crippen molar-refractivity contribution in [2.24, 2.45) is 22.7 Å². The van der Waals surface area contributed by atoms with E-state index in [-0.39, 0.29) is 12.0 Å². The average molecular weight is 306 g/mol. The molecule has 22 heavy (non-hydrogen) atoms. The monoisotopic (exact) mass is 306 g/mol. The minimum atomic E-state index is 0.0818. The molecule has 126 valence electrons. The van der Waals surface area contributed by atoms with Gasteiger partial charge >= 0.3 is 0 Å². The molecule has 2 N–H and O–H groups in total. The van der Waals surface area contributed by atoms with E-state index >= 15 is 0 Å². The smallest absolute Gasteiger partial charge is 0.0614 e. The van der Waals surface area contributed by atoms with Gasteiger partial charge in [-0.3, -0.25) is 0 Å². The zero-order valence-electron chi connectivity index (χ0n) is 14.9. The lowest BCUT2D eigenvalue weighted by Gasteiger charge is -2.57. The van der Waals surface area contributed by atoms with E-state index in [1.807, 2.05) is 6.08 Å². The fraction of sp³-hybridized carbons (Fsp3) is 0.800. The third kappa shape index (κ3) is 3.19. The van der Waals surface area contributed by atoms with E-state index in [4.69, 9.17) is 5.11 Å². The molecule has 0 spiro atoms. The Morgan fingerprint density at radius 3 is 2.68 bits per heavy atom. The Morgan fingerprint density at radius 1 is 1.32 bits per heavy atom. The number of hydrogen-bond donors (Lipinski definition) is 2. The Labute approximate surface area is 136 Å². The van der Waals surface area contributed by atoms with Crippen molar-refractivity contribution in [2.75, 3.05) is 13.2 Å². The fourth-order valence-electron chi connectivity index (χ4n) is 5.33. The van der Waals surface area contributed by atoms with E-state index in [0.717, 1.165) is 19.3 Å². The quantitative estimate of drug-likeness (QED) is 0.735. The molecule has 0 aromatic heterocycles. The van der Waals surface area contributed by atoms with Crippen LogP contribution in [0.25, 0.3) is 0 Å². The third-order valence-electron chi connectivity index (χ3n) is 6.75. The van der Waals surface area contributed by atoms with Crippen LogP contribution < -0.4 is 0 Å². The van der Waals surface area contributed by atoms with E-state index in [1.165, 1.54) is 30.4 Å². The van der Waals surface area contributed by atoms with E-state index in [2.05, 4.69) is 33.8 Å². The first-order chi connectivity index (χ1) is 10.4. The van der Waals surface area contributed by atoms with Gasteiger partial charge in [0, 0.05) is 6.61 Å². The highest BCUT2D eigenvalue weighted by Gasteiger charge is 2.52. The molecule has 2 heteroatoms. The normalized spacial score (nSPS) is 39.4. The summed E-state index contributed by atoms with van der Waals surface area (Å²) in [5.41, 5.74) is 3.23. The van der Waals surface area contributed by atoms with E-state index in [9.17, 15) is 5.11 Å². The number of aliphatic hydroxyl groups is 2. The average Bonchev–Trinajstić information content (AvgIpc) is 2.46. The first-order valence-electron chi connectivity index (χ1n) is 8.91.